The molecule has 1 saturated heterocycles. The fourth-order valence-electron chi connectivity index (χ4n) is 2.21. The number of carbonyl (C=O) groups is 2. The molecule has 0 saturated carbocycles. The van der Waals surface area contributed by atoms with E-state index in [0.29, 0.717) is 18.7 Å². The number of rotatable bonds is 5. The van der Waals surface area contributed by atoms with E-state index in [-0.39, 0.29) is 0 Å². The molecule has 0 N–H and O–H groups in total. The van der Waals surface area contributed by atoms with Crippen molar-refractivity contribution < 1.29 is 19.2 Å². The van der Waals surface area contributed by atoms with Gasteiger partial charge in [-0.25, -0.2) is 9.59 Å². The highest BCUT2D eigenvalue weighted by atomic mass is 32.2. The lowest BCUT2D eigenvalue weighted by Gasteiger charge is -2.35. The molecule has 0 radical (unpaired) electrons. The third-order valence-electron chi connectivity index (χ3n) is 3.30. The third-order valence-corrected chi connectivity index (χ3v) is 4.99. The molecule has 1 aromatic rings. The van der Waals surface area contributed by atoms with Crippen molar-refractivity contribution in [2.24, 2.45) is 0 Å². The Morgan fingerprint density at radius 2 is 2.27 bits per heavy atom. The number of hydrogen-bond donors (Lipinski definition) is 0. The first-order chi connectivity index (χ1) is 10.7. The Labute approximate surface area is 135 Å². The minimum absolute atomic E-state index is 0.489. The summed E-state index contributed by atoms with van der Waals surface area (Å²) in [5, 5.41) is 2.22. The predicted molar refractivity (Wildman–Crippen MR) is 80.8 cm³/mol. The normalized spacial score (nSPS) is 21.9. The monoisotopic (exact) mass is 341 g/mol. The number of esters is 1. The quantitative estimate of drug-likeness (QED) is 0.347. The Hall–Kier alpha value is -1.45. The molecule has 0 spiro atoms. The van der Waals surface area contributed by atoms with E-state index in [1.807, 2.05) is 6.08 Å². The van der Waals surface area contributed by atoms with Gasteiger partial charge in [0.2, 0.25) is 6.23 Å². The molecule has 3 rings (SSSR count). The van der Waals surface area contributed by atoms with Crippen LogP contribution in [0, 0.1) is 0 Å². The highest BCUT2D eigenvalue weighted by molar-refractivity contribution is 7.99. The van der Waals surface area contributed by atoms with Gasteiger partial charge in [0.15, 0.2) is 0 Å². The van der Waals surface area contributed by atoms with Gasteiger partial charge >= 0.3 is 11.9 Å². The van der Waals surface area contributed by atoms with Crippen LogP contribution in [0.5, 0.6) is 0 Å². The number of carbonyl (C=O) groups excluding carboxylic acids is 2. The fourth-order valence-corrected chi connectivity index (χ4v) is 3.98. The summed E-state index contributed by atoms with van der Waals surface area (Å²) in [5.41, 5.74) is 1.45. The molecule has 0 amide bonds. The second-order valence-electron chi connectivity index (χ2n) is 4.85. The van der Waals surface area contributed by atoms with Crippen LogP contribution in [-0.2, 0) is 19.2 Å². The third kappa shape index (κ3) is 3.01. The Bertz CT molecular complexity index is 616. The van der Waals surface area contributed by atoms with Crippen molar-refractivity contribution in [3.8, 4) is 0 Å². The molecule has 3 heterocycles. The largest absolute Gasteiger partial charge is 0.436 e. The molecule has 0 bridgehead atoms. The van der Waals surface area contributed by atoms with Crippen molar-refractivity contribution in [3.63, 3.8) is 0 Å². The smallest absolute Gasteiger partial charge is 0.430 e. The van der Waals surface area contributed by atoms with E-state index in [9.17, 15) is 9.59 Å². The molecule has 1 unspecified atom stereocenters. The van der Waals surface area contributed by atoms with Crippen LogP contribution >= 0.6 is 23.5 Å². The maximum atomic E-state index is 11.5. The summed E-state index contributed by atoms with van der Waals surface area (Å²) in [6, 6.07) is 0. The Morgan fingerprint density at radius 1 is 1.41 bits per heavy atom. The average Bonchev–Trinajstić information content (AvgIpc) is 2.96. The van der Waals surface area contributed by atoms with E-state index < -0.39 is 18.2 Å². The molecule has 1 fully saturated rings. The van der Waals surface area contributed by atoms with Gasteiger partial charge in [0.05, 0.1) is 11.7 Å². The molecule has 22 heavy (non-hydrogen) atoms. The van der Waals surface area contributed by atoms with Gasteiger partial charge in [-0.3, -0.25) is 0 Å². The van der Waals surface area contributed by atoms with Crippen LogP contribution in [0.4, 0.5) is 0 Å². The van der Waals surface area contributed by atoms with Crippen LogP contribution in [0.3, 0.4) is 0 Å². The van der Waals surface area contributed by atoms with Gasteiger partial charge in [0, 0.05) is 12.1 Å². The lowest BCUT2D eigenvalue weighted by molar-refractivity contribution is -0.254. The molecule has 118 valence electrons. The number of thioether (sulfide) groups is 1. The second-order valence-corrected chi connectivity index (χ2v) is 6.46. The SMILES string of the molecule is CCCCSc1nsnc1C1=CCCN2OC(=O)C(=O)OC12. The summed E-state index contributed by atoms with van der Waals surface area (Å²) in [4.78, 5) is 27.8. The van der Waals surface area contributed by atoms with Crippen molar-refractivity contribution >= 4 is 41.0 Å². The van der Waals surface area contributed by atoms with Crippen molar-refractivity contribution in [2.75, 3.05) is 12.3 Å². The first kappa shape index (κ1) is 15.4. The number of unbranched alkanes of at least 4 members (excludes halogenated alkanes) is 1. The van der Waals surface area contributed by atoms with Gasteiger partial charge in [-0.2, -0.15) is 8.75 Å². The summed E-state index contributed by atoms with van der Waals surface area (Å²) in [6.07, 6.45) is 4.14. The zero-order valence-corrected chi connectivity index (χ0v) is 13.6. The summed E-state index contributed by atoms with van der Waals surface area (Å²) in [6.45, 7) is 2.63. The van der Waals surface area contributed by atoms with Crippen LogP contribution < -0.4 is 0 Å². The van der Waals surface area contributed by atoms with Gasteiger partial charge in [0.1, 0.15) is 10.7 Å². The van der Waals surface area contributed by atoms with Crippen molar-refractivity contribution in [2.45, 2.75) is 37.4 Å². The maximum absolute atomic E-state index is 11.5. The summed E-state index contributed by atoms with van der Waals surface area (Å²) < 4.78 is 13.8. The van der Waals surface area contributed by atoms with Crippen LogP contribution in [-0.4, -0.2) is 44.3 Å². The number of aromatic nitrogens is 2. The molecule has 9 heteroatoms. The van der Waals surface area contributed by atoms with Crippen molar-refractivity contribution in [3.05, 3.63) is 11.8 Å². The number of hydroxylamine groups is 2. The number of ether oxygens (including phenoxy) is 1. The molecule has 1 aromatic heterocycles. The maximum Gasteiger partial charge on any atom is 0.436 e. The molecule has 1 atom stereocenters. The van der Waals surface area contributed by atoms with E-state index in [1.165, 1.54) is 5.06 Å². The van der Waals surface area contributed by atoms with Gasteiger partial charge in [0.25, 0.3) is 0 Å². The topological polar surface area (TPSA) is 81.6 Å². The van der Waals surface area contributed by atoms with Gasteiger partial charge in [-0.05, 0) is 18.6 Å². The van der Waals surface area contributed by atoms with E-state index in [0.717, 1.165) is 40.9 Å². The van der Waals surface area contributed by atoms with Crippen molar-refractivity contribution in [1.29, 1.82) is 0 Å². The number of nitrogens with zero attached hydrogens (tertiary/aromatic N) is 3. The van der Waals surface area contributed by atoms with Crippen LogP contribution in [0.15, 0.2) is 11.1 Å². The lowest BCUT2D eigenvalue weighted by Crippen LogP contribution is -2.50. The number of fused-ring (bicyclic) bond motifs is 1. The van der Waals surface area contributed by atoms with Gasteiger partial charge in [-0.15, -0.1) is 11.8 Å². The summed E-state index contributed by atoms with van der Waals surface area (Å²) in [7, 11) is 0. The van der Waals surface area contributed by atoms with E-state index >= 15 is 0 Å². The Balaban J connectivity index is 1.82. The summed E-state index contributed by atoms with van der Waals surface area (Å²) >= 11 is 2.77. The Morgan fingerprint density at radius 3 is 3.09 bits per heavy atom. The highest BCUT2D eigenvalue weighted by Crippen LogP contribution is 2.35. The van der Waals surface area contributed by atoms with Crippen LogP contribution in [0.2, 0.25) is 0 Å². The fraction of sp³-hybridized carbons (Fsp3) is 0.538. The van der Waals surface area contributed by atoms with Crippen LogP contribution in [0.1, 0.15) is 31.9 Å². The zero-order valence-electron chi connectivity index (χ0n) is 12.0. The standard InChI is InChI=1S/C13H15N3O4S2/c1-2-3-7-21-10-9(14-22-15-10)8-5-4-6-16-11(8)19-12(17)13(18)20-16/h5,11H,2-4,6-7H2,1H3. The molecular weight excluding hydrogens is 326 g/mol. The van der Waals surface area contributed by atoms with E-state index in [1.54, 1.807) is 11.8 Å². The lowest BCUT2D eigenvalue weighted by atomic mass is 10.1. The predicted octanol–water partition coefficient (Wildman–Crippen LogP) is 1.86. The zero-order chi connectivity index (χ0) is 15.5. The highest BCUT2D eigenvalue weighted by Gasteiger charge is 2.42. The Kier molecular flexibility index (Phi) is 4.74. The average molecular weight is 341 g/mol. The molecule has 7 nitrogen and oxygen atoms in total. The summed E-state index contributed by atoms with van der Waals surface area (Å²) in [5.74, 6) is -0.991. The number of hydrogen-bond acceptors (Lipinski definition) is 9. The van der Waals surface area contributed by atoms with E-state index in [2.05, 4.69) is 15.7 Å². The molecule has 0 aromatic carbocycles. The van der Waals surface area contributed by atoms with Crippen molar-refractivity contribution in [1.82, 2.24) is 13.8 Å². The first-order valence-electron chi connectivity index (χ1n) is 7.06. The molecule has 2 aliphatic rings. The molecule has 2 aliphatic heterocycles. The minimum Gasteiger partial charge on any atom is -0.430 e. The molecule has 0 aliphatic carbocycles. The minimum atomic E-state index is -0.980. The molecular formula is C13H15N3O4S2. The van der Waals surface area contributed by atoms with E-state index in [4.69, 9.17) is 9.57 Å². The second kappa shape index (κ2) is 6.76. The van der Waals surface area contributed by atoms with Gasteiger partial charge in [-0.1, -0.05) is 24.5 Å². The van der Waals surface area contributed by atoms with Gasteiger partial charge < -0.3 is 9.57 Å². The van der Waals surface area contributed by atoms with Crippen LogP contribution in [0.25, 0.3) is 5.57 Å². The first-order valence-corrected chi connectivity index (χ1v) is 8.77.